The molecule has 0 aliphatic heterocycles. The highest BCUT2D eigenvalue weighted by Gasteiger charge is 2.46. The Morgan fingerprint density at radius 1 is 0.510 bits per heavy atom. The number of unbranched alkanes of at least 4 members (excludes halogenated alkanes) is 2. The lowest BCUT2D eigenvalue weighted by Gasteiger charge is -2.50. The van der Waals surface area contributed by atoms with E-state index in [1.807, 2.05) is 0 Å². The SMILES string of the molecule is CC1(C)CC([N+](C)(C)CCCC[P+](CCCC[P+](CCCO)(c2ccccc2)c2ccccc2)(c2ccccc2)c2ccccc2)CC(C)(C)C1. The van der Waals surface area contributed by atoms with E-state index in [4.69, 9.17) is 0 Å². The third-order valence-corrected chi connectivity index (χ3v) is 21.5. The third kappa shape index (κ3) is 10.2. The number of nitrogens with zero attached hydrogens (tertiary/aromatic N) is 1. The van der Waals surface area contributed by atoms with Crippen LogP contribution in [-0.2, 0) is 0 Å². The molecule has 5 rings (SSSR count). The number of aliphatic hydroxyl groups is 1. The summed E-state index contributed by atoms with van der Waals surface area (Å²) in [6, 6.07) is 46.6. The first kappa shape index (κ1) is 39.9. The predicted octanol–water partition coefficient (Wildman–Crippen LogP) is 9.95. The van der Waals surface area contributed by atoms with Crippen LogP contribution in [0.2, 0.25) is 0 Å². The van der Waals surface area contributed by atoms with Crippen LogP contribution in [-0.4, -0.2) is 67.5 Å². The number of hydrogen-bond acceptors (Lipinski definition) is 1. The molecule has 4 aromatic carbocycles. The lowest BCUT2D eigenvalue weighted by atomic mass is 9.63. The van der Waals surface area contributed by atoms with Crippen molar-refractivity contribution in [3.63, 3.8) is 0 Å². The average Bonchev–Trinajstić information content (AvgIpc) is 3.12. The second kappa shape index (κ2) is 17.7. The normalized spacial score (nSPS) is 16.6. The highest BCUT2D eigenvalue weighted by atomic mass is 31.2. The van der Waals surface area contributed by atoms with Crippen molar-refractivity contribution >= 4 is 35.7 Å². The van der Waals surface area contributed by atoms with E-state index in [-0.39, 0.29) is 6.61 Å². The molecule has 0 radical (unpaired) electrons. The van der Waals surface area contributed by atoms with Crippen LogP contribution in [0.5, 0.6) is 0 Å². The zero-order valence-corrected chi connectivity index (χ0v) is 34.6. The first-order valence-corrected chi connectivity index (χ1v) is 24.1. The molecule has 2 nitrogen and oxygen atoms in total. The van der Waals surface area contributed by atoms with E-state index >= 15 is 0 Å². The van der Waals surface area contributed by atoms with Crippen LogP contribution < -0.4 is 21.2 Å². The number of rotatable bonds is 18. The number of aliphatic hydroxyl groups excluding tert-OH is 1. The van der Waals surface area contributed by atoms with E-state index in [1.54, 1.807) is 10.6 Å². The fraction of sp³-hybridized carbons (Fsp3) is 0.489. The Bertz CT molecular complexity index is 1490. The first-order valence-electron chi connectivity index (χ1n) is 19.8. The molecule has 4 heteroatoms. The molecule has 51 heavy (non-hydrogen) atoms. The van der Waals surface area contributed by atoms with E-state index in [0.717, 1.165) is 23.1 Å². The van der Waals surface area contributed by atoms with Gasteiger partial charge in [0.05, 0.1) is 87.1 Å². The number of hydrogen-bond donors (Lipinski definition) is 1. The maximum absolute atomic E-state index is 10.0. The van der Waals surface area contributed by atoms with Crippen molar-refractivity contribution in [3.05, 3.63) is 121 Å². The van der Waals surface area contributed by atoms with Crippen molar-refractivity contribution < 1.29 is 9.59 Å². The molecule has 1 saturated carbocycles. The second-order valence-corrected chi connectivity index (χ2v) is 25.5. The Hall–Kier alpha value is -2.34. The minimum Gasteiger partial charge on any atom is -0.396 e. The highest BCUT2D eigenvalue weighted by molar-refractivity contribution is 7.90. The van der Waals surface area contributed by atoms with Crippen LogP contribution in [0.15, 0.2) is 121 Å². The van der Waals surface area contributed by atoms with Crippen molar-refractivity contribution in [1.29, 1.82) is 0 Å². The maximum Gasteiger partial charge on any atom is 0.0991 e. The van der Waals surface area contributed by atoms with Crippen LogP contribution in [0.3, 0.4) is 0 Å². The van der Waals surface area contributed by atoms with E-state index in [1.165, 1.54) is 80.6 Å². The van der Waals surface area contributed by atoms with Gasteiger partial charge in [0.25, 0.3) is 0 Å². The molecule has 0 heterocycles. The zero-order valence-electron chi connectivity index (χ0n) is 32.8. The van der Waals surface area contributed by atoms with Gasteiger partial charge in [-0.2, -0.15) is 0 Å². The van der Waals surface area contributed by atoms with Crippen LogP contribution in [0.4, 0.5) is 0 Å². The Kier molecular flexibility index (Phi) is 13.8. The van der Waals surface area contributed by atoms with E-state index in [9.17, 15) is 5.11 Å². The van der Waals surface area contributed by atoms with Gasteiger partial charge in [-0.3, -0.25) is 0 Å². The summed E-state index contributed by atoms with van der Waals surface area (Å²) in [5, 5.41) is 16.2. The topological polar surface area (TPSA) is 20.2 Å². The molecule has 0 bridgehead atoms. The quantitative estimate of drug-likeness (QED) is 0.0616. The van der Waals surface area contributed by atoms with Crippen LogP contribution in [0.1, 0.15) is 79.1 Å². The van der Waals surface area contributed by atoms with Gasteiger partial charge >= 0.3 is 0 Å². The van der Waals surface area contributed by atoms with Crippen molar-refractivity contribution in [2.24, 2.45) is 10.8 Å². The van der Waals surface area contributed by atoms with Gasteiger partial charge in [-0.25, -0.2) is 0 Å². The van der Waals surface area contributed by atoms with Gasteiger partial charge in [-0.1, -0.05) is 100 Å². The fourth-order valence-electron chi connectivity index (χ4n) is 9.88. The molecule has 0 amide bonds. The van der Waals surface area contributed by atoms with E-state index < -0.39 is 14.5 Å². The fourth-order valence-corrected chi connectivity index (χ4v) is 18.9. The lowest BCUT2D eigenvalue weighted by Crippen LogP contribution is -2.55. The summed E-state index contributed by atoms with van der Waals surface area (Å²) in [6.45, 7) is 11.5. The number of benzene rings is 4. The van der Waals surface area contributed by atoms with Gasteiger partial charge in [0.1, 0.15) is 0 Å². The van der Waals surface area contributed by atoms with Crippen molar-refractivity contribution in [2.75, 3.05) is 51.9 Å². The Labute approximate surface area is 313 Å². The molecular weight excluding hydrogens is 656 g/mol. The van der Waals surface area contributed by atoms with Gasteiger partial charge in [0.2, 0.25) is 0 Å². The van der Waals surface area contributed by atoms with Crippen LogP contribution >= 0.6 is 14.5 Å². The molecule has 0 unspecified atom stereocenters. The minimum absolute atomic E-state index is 0.254. The molecule has 1 fully saturated rings. The predicted molar refractivity (Wildman–Crippen MR) is 230 cm³/mol. The smallest absolute Gasteiger partial charge is 0.0991 e. The van der Waals surface area contributed by atoms with E-state index in [0.29, 0.717) is 10.8 Å². The van der Waals surface area contributed by atoms with Crippen LogP contribution in [0.25, 0.3) is 0 Å². The lowest BCUT2D eigenvalue weighted by molar-refractivity contribution is -0.918. The largest absolute Gasteiger partial charge is 0.396 e. The molecule has 0 aromatic heterocycles. The third-order valence-electron chi connectivity index (χ3n) is 12.1. The molecule has 0 atom stereocenters. The van der Waals surface area contributed by atoms with Gasteiger partial charge in [0, 0.05) is 32.3 Å². The van der Waals surface area contributed by atoms with Gasteiger partial charge in [0.15, 0.2) is 0 Å². The Morgan fingerprint density at radius 3 is 1.16 bits per heavy atom. The van der Waals surface area contributed by atoms with E-state index in [2.05, 4.69) is 163 Å². The standard InChI is InChI=1S/C47H68NOP2/c1-46(2)38-41(39-47(3,4)40-46)48(5,6)32-19-20-34-50(42-24-11-7-12-25-42,43-26-13-8-14-27-43)35-21-22-36-51(37-23-33-49,44-28-15-9-16-29-44)45-30-17-10-18-31-45/h7-18,24-31,41,49H,19-23,32-40H2,1-6H3/q+3. The van der Waals surface area contributed by atoms with Crippen LogP contribution in [0, 0.1) is 10.8 Å². The van der Waals surface area contributed by atoms with Crippen molar-refractivity contribution in [2.45, 2.75) is 85.1 Å². The number of quaternary nitrogens is 1. The van der Waals surface area contributed by atoms with Crippen molar-refractivity contribution in [3.8, 4) is 0 Å². The van der Waals surface area contributed by atoms with Gasteiger partial charge in [-0.15, -0.1) is 0 Å². The zero-order chi connectivity index (χ0) is 36.4. The average molecular weight is 725 g/mol. The molecule has 0 spiro atoms. The van der Waals surface area contributed by atoms with Gasteiger partial charge in [-0.05, 0) is 85.0 Å². The summed E-state index contributed by atoms with van der Waals surface area (Å²) >= 11 is 0. The molecular formula is C47H68NOP2+3. The Balaban J connectivity index is 1.37. The molecule has 1 N–H and O–H groups in total. The maximum atomic E-state index is 10.0. The monoisotopic (exact) mass is 724 g/mol. The summed E-state index contributed by atoms with van der Waals surface area (Å²) in [5.74, 6) is 0. The first-order chi connectivity index (χ1) is 24.4. The molecule has 1 aliphatic rings. The summed E-state index contributed by atoms with van der Waals surface area (Å²) in [7, 11) is 1.73. The molecule has 1 aliphatic carbocycles. The summed E-state index contributed by atoms with van der Waals surface area (Å²) < 4.78 is 1.15. The molecule has 274 valence electrons. The van der Waals surface area contributed by atoms with Gasteiger partial charge < -0.3 is 9.59 Å². The summed E-state index contributed by atoms with van der Waals surface area (Å²) in [4.78, 5) is 0. The molecule has 4 aromatic rings. The summed E-state index contributed by atoms with van der Waals surface area (Å²) in [5.41, 5.74) is 0.838. The second-order valence-electron chi connectivity index (χ2n) is 17.7. The summed E-state index contributed by atoms with van der Waals surface area (Å²) in [6.07, 6.45) is 14.7. The Morgan fingerprint density at radius 2 is 0.824 bits per heavy atom. The highest BCUT2D eigenvalue weighted by Crippen LogP contribution is 2.60. The minimum atomic E-state index is -1.67. The molecule has 0 saturated heterocycles. The van der Waals surface area contributed by atoms with Crippen molar-refractivity contribution in [1.82, 2.24) is 0 Å².